The molecule has 0 aromatic heterocycles. The molecule has 40 valence electrons. The first-order valence-electron chi connectivity index (χ1n) is 3.13. The Balaban J connectivity index is 1.80. The molecule has 1 fully saturated rings. The topological polar surface area (TPSA) is 0 Å². The molecule has 0 aromatic rings. The summed E-state index contributed by atoms with van der Waals surface area (Å²) in [6.45, 7) is 0. The van der Waals surface area contributed by atoms with Crippen molar-refractivity contribution in [1.82, 2.24) is 0 Å². The fourth-order valence-electron chi connectivity index (χ4n) is 0.813. The van der Waals surface area contributed by atoms with Crippen molar-refractivity contribution < 1.29 is 0 Å². The second-order valence-corrected chi connectivity index (χ2v) is 4.02. The molecule has 1 saturated carbocycles. The van der Waals surface area contributed by atoms with E-state index in [0.29, 0.717) is 0 Å². The molecule has 0 atom stereocenters. The fraction of sp³-hybridized carbons (Fsp3) is 1.00. The third-order valence-electron chi connectivity index (χ3n) is 1.51. The van der Waals surface area contributed by atoms with Gasteiger partial charge in [-0.05, 0) is 0 Å². The van der Waals surface area contributed by atoms with Gasteiger partial charge in [0, 0.05) is 0 Å². The van der Waals surface area contributed by atoms with E-state index in [1.165, 1.54) is 39.3 Å². The SMILES string of the molecule is [SnH][CH2]CCC1CC1. The van der Waals surface area contributed by atoms with Gasteiger partial charge in [-0.3, -0.25) is 0 Å². The first kappa shape index (κ1) is 5.93. The minimum absolute atomic E-state index is 1.17. The van der Waals surface area contributed by atoms with E-state index < -0.39 is 0 Å². The molecule has 0 amide bonds. The summed E-state index contributed by atoms with van der Waals surface area (Å²) in [5.41, 5.74) is 0. The normalized spacial score (nSPS) is 20.1. The molecule has 0 aromatic carbocycles. The van der Waals surface area contributed by atoms with Gasteiger partial charge in [0.05, 0.1) is 0 Å². The standard InChI is InChI=1S/C6H11.Sn.H/c1-2-3-6-4-5-6;;/h6H,1-5H2;;. The summed E-state index contributed by atoms with van der Waals surface area (Å²) in [7, 11) is 0. The molecule has 0 aliphatic heterocycles. The first-order valence-corrected chi connectivity index (χ1v) is 5.46. The second-order valence-electron chi connectivity index (χ2n) is 2.37. The van der Waals surface area contributed by atoms with Crippen LogP contribution < -0.4 is 0 Å². The van der Waals surface area contributed by atoms with Crippen molar-refractivity contribution in [2.45, 2.75) is 30.1 Å². The van der Waals surface area contributed by atoms with Gasteiger partial charge in [-0.1, -0.05) is 0 Å². The van der Waals surface area contributed by atoms with Crippen molar-refractivity contribution in [3.05, 3.63) is 0 Å². The molecule has 1 rings (SSSR count). The molecule has 1 aliphatic rings. The molecule has 0 saturated heterocycles. The first-order chi connectivity index (χ1) is 3.43. The Hall–Kier alpha value is 0.799. The van der Waals surface area contributed by atoms with Gasteiger partial charge in [0.2, 0.25) is 0 Å². The summed E-state index contributed by atoms with van der Waals surface area (Å²) in [4.78, 5) is 0. The summed E-state index contributed by atoms with van der Waals surface area (Å²) < 4.78 is 1.52. The van der Waals surface area contributed by atoms with Gasteiger partial charge in [0.1, 0.15) is 0 Å². The van der Waals surface area contributed by atoms with Crippen LogP contribution in [-0.2, 0) is 0 Å². The Morgan fingerprint density at radius 3 is 2.57 bits per heavy atom. The quantitative estimate of drug-likeness (QED) is 0.609. The molecule has 0 N–H and O–H groups in total. The van der Waals surface area contributed by atoms with E-state index in [9.17, 15) is 0 Å². The molecule has 0 nitrogen and oxygen atoms in total. The minimum atomic E-state index is 1.17. The van der Waals surface area contributed by atoms with E-state index in [4.69, 9.17) is 0 Å². The van der Waals surface area contributed by atoms with Gasteiger partial charge in [-0.25, -0.2) is 0 Å². The van der Waals surface area contributed by atoms with Crippen LogP contribution in [0.4, 0.5) is 0 Å². The van der Waals surface area contributed by atoms with Crippen LogP contribution in [0, 0.1) is 5.92 Å². The second kappa shape index (κ2) is 2.95. The van der Waals surface area contributed by atoms with Gasteiger partial charge in [-0.2, -0.15) is 0 Å². The predicted molar refractivity (Wildman–Crippen MR) is 33.9 cm³/mol. The van der Waals surface area contributed by atoms with E-state index in [2.05, 4.69) is 0 Å². The van der Waals surface area contributed by atoms with Crippen molar-refractivity contribution in [3.8, 4) is 0 Å². The molecular weight excluding hydrogens is 191 g/mol. The molecule has 0 spiro atoms. The van der Waals surface area contributed by atoms with Crippen LogP contribution in [0.3, 0.4) is 0 Å². The maximum absolute atomic E-state index is 1.54. The summed E-state index contributed by atoms with van der Waals surface area (Å²) in [5.74, 6) is 1.17. The zero-order valence-corrected chi connectivity index (χ0v) is 7.99. The van der Waals surface area contributed by atoms with Crippen molar-refractivity contribution in [2.75, 3.05) is 0 Å². The molecule has 0 heterocycles. The van der Waals surface area contributed by atoms with Gasteiger partial charge < -0.3 is 0 Å². The molecule has 1 aliphatic carbocycles. The van der Waals surface area contributed by atoms with Crippen LogP contribution in [0.25, 0.3) is 0 Å². The third-order valence-corrected chi connectivity index (χ3v) is 2.68. The average Bonchev–Trinajstić information content (AvgIpc) is 2.42. The van der Waals surface area contributed by atoms with Crippen molar-refractivity contribution in [3.63, 3.8) is 0 Å². The number of rotatable bonds is 3. The molecule has 2 radical (unpaired) electrons. The Labute approximate surface area is 58.8 Å². The van der Waals surface area contributed by atoms with Gasteiger partial charge >= 0.3 is 58.6 Å². The van der Waals surface area contributed by atoms with Crippen LogP contribution in [0.15, 0.2) is 0 Å². The summed E-state index contributed by atoms with van der Waals surface area (Å²) in [5, 5.41) is 0. The molecular formula is C6H12Sn. The van der Waals surface area contributed by atoms with Gasteiger partial charge in [0.25, 0.3) is 0 Å². The summed E-state index contributed by atoms with van der Waals surface area (Å²) >= 11 is 1.48. The summed E-state index contributed by atoms with van der Waals surface area (Å²) in [6, 6.07) is 0. The van der Waals surface area contributed by atoms with Crippen LogP contribution >= 0.6 is 0 Å². The molecule has 0 bridgehead atoms. The van der Waals surface area contributed by atoms with Crippen LogP contribution in [0.2, 0.25) is 4.44 Å². The Kier molecular flexibility index (Phi) is 2.50. The third kappa shape index (κ3) is 2.57. The zero-order chi connectivity index (χ0) is 5.11. The van der Waals surface area contributed by atoms with E-state index in [-0.39, 0.29) is 0 Å². The zero-order valence-electron chi connectivity index (χ0n) is 4.69. The Morgan fingerprint density at radius 1 is 1.43 bits per heavy atom. The molecule has 7 heavy (non-hydrogen) atoms. The fourth-order valence-corrected chi connectivity index (χ4v) is 1.49. The van der Waals surface area contributed by atoms with E-state index in [1.54, 1.807) is 19.3 Å². The summed E-state index contributed by atoms with van der Waals surface area (Å²) in [6.07, 6.45) is 6.15. The van der Waals surface area contributed by atoms with E-state index in [1.807, 2.05) is 0 Å². The maximum atomic E-state index is 1.54. The van der Waals surface area contributed by atoms with Crippen molar-refractivity contribution in [2.24, 2.45) is 5.92 Å². The van der Waals surface area contributed by atoms with E-state index >= 15 is 0 Å². The van der Waals surface area contributed by atoms with Crippen molar-refractivity contribution >= 4 is 22.5 Å². The van der Waals surface area contributed by atoms with Gasteiger partial charge in [0.15, 0.2) is 0 Å². The average molecular weight is 203 g/mol. The molecule has 1 heteroatoms. The van der Waals surface area contributed by atoms with Crippen molar-refractivity contribution in [1.29, 1.82) is 0 Å². The van der Waals surface area contributed by atoms with Gasteiger partial charge in [-0.15, -0.1) is 0 Å². The Bertz CT molecular complexity index is 48.1. The number of hydrogen-bond acceptors (Lipinski definition) is 0. The van der Waals surface area contributed by atoms with Crippen LogP contribution in [0.5, 0.6) is 0 Å². The van der Waals surface area contributed by atoms with Crippen LogP contribution in [0.1, 0.15) is 25.7 Å². The predicted octanol–water partition coefficient (Wildman–Crippen LogP) is 1.50. The molecule has 0 unspecified atom stereocenters. The van der Waals surface area contributed by atoms with E-state index in [0.717, 1.165) is 0 Å². The number of hydrogen-bond donors (Lipinski definition) is 0. The monoisotopic (exact) mass is 204 g/mol. The Morgan fingerprint density at radius 2 is 2.14 bits per heavy atom. The van der Waals surface area contributed by atoms with Crippen LogP contribution in [-0.4, -0.2) is 22.5 Å².